The Balaban J connectivity index is 1.59. The first-order chi connectivity index (χ1) is 13.7. The van der Waals surface area contributed by atoms with E-state index in [9.17, 15) is 9.59 Å². The summed E-state index contributed by atoms with van der Waals surface area (Å²) in [5.74, 6) is 0.631. The van der Waals surface area contributed by atoms with Gasteiger partial charge in [0.05, 0.1) is 18.2 Å². The lowest BCUT2D eigenvalue weighted by Crippen LogP contribution is -2.49. The van der Waals surface area contributed by atoms with E-state index >= 15 is 0 Å². The maximum Gasteiger partial charge on any atom is 0.409 e. The van der Waals surface area contributed by atoms with E-state index in [-0.39, 0.29) is 18.0 Å². The molecular weight excluding hydrogens is 356 g/mol. The van der Waals surface area contributed by atoms with Gasteiger partial charge in [0.2, 0.25) is 0 Å². The van der Waals surface area contributed by atoms with Gasteiger partial charge in [-0.2, -0.15) is 0 Å². The van der Waals surface area contributed by atoms with E-state index in [0.29, 0.717) is 18.7 Å². The molecule has 0 aliphatic carbocycles. The molecule has 0 unspecified atom stereocenters. The third-order valence-electron chi connectivity index (χ3n) is 5.54. The summed E-state index contributed by atoms with van der Waals surface area (Å²) in [7, 11) is 1.38. The van der Waals surface area contributed by atoms with E-state index in [1.807, 2.05) is 30.3 Å². The number of hydrogen-bond donors (Lipinski definition) is 1. The van der Waals surface area contributed by atoms with Gasteiger partial charge in [0.25, 0.3) is 5.91 Å². The molecule has 0 spiro atoms. The van der Waals surface area contributed by atoms with Crippen molar-refractivity contribution in [2.24, 2.45) is 0 Å². The van der Waals surface area contributed by atoms with E-state index in [0.717, 1.165) is 55.5 Å². The summed E-state index contributed by atoms with van der Waals surface area (Å²) in [5.41, 5.74) is 1.51. The van der Waals surface area contributed by atoms with E-state index < -0.39 is 0 Å². The molecule has 7 nitrogen and oxygen atoms in total. The Kier molecular flexibility index (Phi) is 5.32. The van der Waals surface area contributed by atoms with E-state index in [2.05, 4.69) is 10.2 Å². The molecule has 2 amide bonds. The minimum absolute atomic E-state index is 0.0850. The molecule has 0 bridgehead atoms. The molecule has 4 rings (SSSR count). The summed E-state index contributed by atoms with van der Waals surface area (Å²) >= 11 is 0. The van der Waals surface area contributed by atoms with Gasteiger partial charge in [-0.3, -0.25) is 4.79 Å². The number of rotatable bonds is 3. The van der Waals surface area contributed by atoms with Crippen LogP contribution in [-0.2, 0) is 4.74 Å². The Bertz CT molecular complexity index is 879. The van der Waals surface area contributed by atoms with Crippen LogP contribution in [0.5, 0.6) is 0 Å². The molecular formula is C21H26N4O3. The normalized spacial score (nSPS) is 19.7. The summed E-state index contributed by atoms with van der Waals surface area (Å²) in [5, 5.41) is 4.07. The number of amides is 2. The molecule has 1 atom stereocenters. The quantitative estimate of drug-likeness (QED) is 0.884. The Morgan fingerprint density at radius 1 is 1.14 bits per heavy atom. The molecule has 148 valence electrons. The number of anilines is 1. The number of carbonyl (C=O) groups is 2. The van der Waals surface area contributed by atoms with Gasteiger partial charge in [-0.25, -0.2) is 9.78 Å². The van der Waals surface area contributed by atoms with E-state index in [1.165, 1.54) is 7.11 Å². The number of carbonyl (C=O) groups excluding carboxylic acids is 2. The predicted octanol–water partition coefficient (Wildman–Crippen LogP) is 2.80. The highest BCUT2D eigenvalue weighted by atomic mass is 16.5. The summed E-state index contributed by atoms with van der Waals surface area (Å²) in [6.45, 7) is 2.98. The fraction of sp³-hybridized carbons (Fsp3) is 0.476. The number of benzene rings is 1. The summed E-state index contributed by atoms with van der Waals surface area (Å²) in [6, 6.07) is 9.73. The SMILES string of the molecule is COC(=O)N1CCC[C@@H](NC(=O)c2cc3ccccc3nc2N2CCCC2)C1. The molecule has 2 aliphatic heterocycles. The minimum atomic E-state index is -0.343. The number of nitrogens with one attached hydrogen (secondary N) is 1. The number of hydrogen-bond acceptors (Lipinski definition) is 5. The maximum absolute atomic E-state index is 13.2. The van der Waals surface area contributed by atoms with Crippen molar-refractivity contribution in [3.05, 3.63) is 35.9 Å². The number of fused-ring (bicyclic) bond motifs is 1. The molecule has 2 aromatic rings. The van der Waals surface area contributed by atoms with Crippen LogP contribution in [-0.4, -0.2) is 61.2 Å². The van der Waals surface area contributed by atoms with Crippen LogP contribution in [0.4, 0.5) is 10.6 Å². The number of piperidine rings is 1. The van der Waals surface area contributed by atoms with Crippen LogP contribution in [0, 0.1) is 0 Å². The lowest BCUT2D eigenvalue weighted by Gasteiger charge is -2.32. The first-order valence-corrected chi connectivity index (χ1v) is 9.94. The van der Waals surface area contributed by atoms with Gasteiger partial charge in [0.1, 0.15) is 5.82 Å². The highest BCUT2D eigenvalue weighted by molar-refractivity contribution is 6.02. The standard InChI is InChI=1S/C21H26N4O3/c1-28-21(27)25-12-6-8-16(14-25)22-20(26)17-13-15-7-2-3-9-18(15)23-19(17)24-10-4-5-11-24/h2-3,7,9,13,16H,4-6,8,10-12,14H2,1H3,(H,22,26)/t16-/m1/s1. The van der Waals surface area contributed by atoms with Crippen molar-refractivity contribution in [2.45, 2.75) is 31.7 Å². The van der Waals surface area contributed by atoms with Crippen LogP contribution < -0.4 is 10.2 Å². The molecule has 7 heteroatoms. The Hall–Kier alpha value is -2.83. The lowest BCUT2D eigenvalue weighted by molar-refractivity contribution is 0.0865. The predicted molar refractivity (Wildman–Crippen MR) is 108 cm³/mol. The lowest BCUT2D eigenvalue weighted by atomic mass is 10.0. The van der Waals surface area contributed by atoms with Crippen molar-refractivity contribution in [3.63, 3.8) is 0 Å². The Morgan fingerprint density at radius 2 is 1.93 bits per heavy atom. The fourth-order valence-electron chi connectivity index (χ4n) is 4.10. The molecule has 2 saturated heterocycles. The van der Waals surface area contributed by atoms with Gasteiger partial charge < -0.3 is 19.9 Å². The molecule has 2 aliphatic rings. The number of nitrogens with zero attached hydrogens (tertiary/aromatic N) is 3. The van der Waals surface area contributed by atoms with Crippen LogP contribution in [0.3, 0.4) is 0 Å². The van der Waals surface area contributed by atoms with Crippen molar-refractivity contribution in [3.8, 4) is 0 Å². The zero-order chi connectivity index (χ0) is 19.5. The van der Waals surface area contributed by atoms with Crippen LogP contribution in [0.1, 0.15) is 36.0 Å². The number of methoxy groups -OCH3 is 1. The third-order valence-corrected chi connectivity index (χ3v) is 5.54. The summed E-state index contributed by atoms with van der Waals surface area (Å²) < 4.78 is 4.82. The number of aromatic nitrogens is 1. The molecule has 1 aromatic carbocycles. The average molecular weight is 382 g/mol. The van der Waals surface area contributed by atoms with E-state index in [4.69, 9.17) is 9.72 Å². The fourth-order valence-corrected chi connectivity index (χ4v) is 4.10. The first kappa shape index (κ1) is 18.5. The van der Waals surface area contributed by atoms with Crippen LogP contribution >= 0.6 is 0 Å². The second-order valence-electron chi connectivity index (χ2n) is 7.48. The molecule has 3 heterocycles. The highest BCUT2D eigenvalue weighted by Crippen LogP contribution is 2.27. The van der Waals surface area contributed by atoms with Gasteiger partial charge in [-0.1, -0.05) is 18.2 Å². The van der Waals surface area contributed by atoms with Crippen LogP contribution in [0.2, 0.25) is 0 Å². The smallest absolute Gasteiger partial charge is 0.409 e. The number of likely N-dealkylation sites (tertiary alicyclic amines) is 1. The Labute approximate surface area is 164 Å². The van der Waals surface area contributed by atoms with Crippen LogP contribution in [0.25, 0.3) is 10.9 Å². The zero-order valence-electron chi connectivity index (χ0n) is 16.2. The molecule has 2 fully saturated rings. The first-order valence-electron chi connectivity index (χ1n) is 9.94. The largest absolute Gasteiger partial charge is 0.453 e. The van der Waals surface area contributed by atoms with Gasteiger partial charge in [0.15, 0.2) is 0 Å². The molecule has 28 heavy (non-hydrogen) atoms. The summed E-state index contributed by atoms with van der Waals surface area (Å²) in [4.78, 5) is 33.6. The second-order valence-corrected chi connectivity index (χ2v) is 7.48. The van der Waals surface area contributed by atoms with Gasteiger partial charge >= 0.3 is 6.09 Å². The van der Waals surface area contributed by atoms with Gasteiger partial charge in [-0.05, 0) is 37.8 Å². The van der Waals surface area contributed by atoms with Crippen molar-refractivity contribution in [1.82, 2.24) is 15.2 Å². The number of para-hydroxylation sites is 1. The molecule has 0 saturated carbocycles. The van der Waals surface area contributed by atoms with Crippen molar-refractivity contribution in [1.29, 1.82) is 0 Å². The maximum atomic E-state index is 13.2. The van der Waals surface area contributed by atoms with Crippen LogP contribution in [0.15, 0.2) is 30.3 Å². The molecule has 1 N–H and O–H groups in total. The third kappa shape index (κ3) is 3.74. The number of ether oxygens (including phenoxy) is 1. The molecule has 0 radical (unpaired) electrons. The minimum Gasteiger partial charge on any atom is -0.453 e. The van der Waals surface area contributed by atoms with Gasteiger partial charge in [-0.15, -0.1) is 0 Å². The van der Waals surface area contributed by atoms with E-state index in [1.54, 1.807) is 4.90 Å². The second kappa shape index (κ2) is 8.04. The zero-order valence-corrected chi connectivity index (χ0v) is 16.2. The summed E-state index contributed by atoms with van der Waals surface area (Å²) in [6.07, 6.45) is 3.58. The highest BCUT2D eigenvalue weighted by Gasteiger charge is 2.28. The van der Waals surface area contributed by atoms with Crippen molar-refractivity contribution >= 4 is 28.7 Å². The molecule has 1 aromatic heterocycles. The number of pyridine rings is 1. The topological polar surface area (TPSA) is 74.8 Å². The average Bonchev–Trinajstić information content (AvgIpc) is 3.27. The monoisotopic (exact) mass is 382 g/mol. The van der Waals surface area contributed by atoms with Crippen molar-refractivity contribution < 1.29 is 14.3 Å². The van der Waals surface area contributed by atoms with Gasteiger partial charge in [0, 0.05) is 37.6 Å². The van der Waals surface area contributed by atoms with Crippen molar-refractivity contribution in [2.75, 3.05) is 38.2 Å². The Morgan fingerprint density at radius 3 is 2.71 bits per heavy atom.